The van der Waals surface area contributed by atoms with Crippen molar-refractivity contribution in [3.05, 3.63) is 48.0 Å². The first-order valence-electron chi connectivity index (χ1n) is 11.9. The molecule has 182 valence electrons. The smallest absolute Gasteiger partial charge is 0.201 e. The minimum absolute atomic E-state index is 0.0664. The molecular formula is C26H29F3N2O3. The number of rotatable bonds is 12. The fourth-order valence-electron chi connectivity index (χ4n) is 3.94. The van der Waals surface area contributed by atoms with E-state index in [2.05, 4.69) is 16.9 Å². The molecule has 2 aromatic carbocycles. The predicted molar refractivity (Wildman–Crippen MR) is 124 cm³/mol. The molecule has 1 saturated heterocycles. The summed E-state index contributed by atoms with van der Waals surface area (Å²) in [4.78, 5) is 8.39. The van der Waals surface area contributed by atoms with Crippen LogP contribution in [0.3, 0.4) is 0 Å². The van der Waals surface area contributed by atoms with E-state index in [-0.39, 0.29) is 46.7 Å². The van der Waals surface area contributed by atoms with Crippen molar-refractivity contribution in [2.75, 3.05) is 13.2 Å². The molecular weight excluding hydrogens is 445 g/mol. The number of ether oxygens (including phenoxy) is 3. The van der Waals surface area contributed by atoms with E-state index in [0.717, 1.165) is 44.6 Å². The molecule has 0 N–H and O–H groups in total. The minimum atomic E-state index is -1.19. The number of hydrogen-bond donors (Lipinski definition) is 0. The molecule has 5 nitrogen and oxygen atoms in total. The summed E-state index contributed by atoms with van der Waals surface area (Å²) in [7, 11) is 0. The van der Waals surface area contributed by atoms with Crippen molar-refractivity contribution in [2.24, 2.45) is 0 Å². The molecule has 3 aromatic rings. The van der Waals surface area contributed by atoms with Gasteiger partial charge in [0.25, 0.3) is 0 Å². The largest absolute Gasteiger partial charge is 0.490 e. The Bertz CT molecular complexity index is 1120. The van der Waals surface area contributed by atoms with Crippen LogP contribution in [-0.2, 0) is 4.74 Å². The fourth-order valence-corrected chi connectivity index (χ4v) is 3.94. The van der Waals surface area contributed by atoms with Crippen molar-refractivity contribution in [1.29, 1.82) is 0 Å². The zero-order valence-electron chi connectivity index (χ0n) is 19.5. The number of halogens is 3. The van der Waals surface area contributed by atoms with Crippen LogP contribution in [0.5, 0.6) is 11.5 Å². The summed E-state index contributed by atoms with van der Waals surface area (Å²) >= 11 is 0. The molecule has 0 bridgehead atoms. The van der Waals surface area contributed by atoms with Crippen LogP contribution in [0.25, 0.3) is 22.2 Å². The Morgan fingerprint density at radius 1 is 0.882 bits per heavy atom. The summed E-state index contributed by atoms with van der Waals surface area (Å²) in [6, 6.07) is 3.76. The van der Waals surface area contributed by atoms with Crippen molar-refractivity contribution < 1.29 is 27.4 Å². The molecule has 0 radical (unpaired) electrons. The second-order valence-electron chi connectivity index (χ2n) is 8.49. The normalized spacial score (nSPS) is 17.2. The third-order valence-corrected chi connectivity index (χ3v) is 5.89. The van der Waals surface area contributed by atoms with Crippen LogP contribution in [-0.4, -0.2) is 35.4 Å². The van der Waals surface area contributed by atoms with E-state index < -0.39 is 17.5 Å². The average molecular weight is 475 g/mol. The Balaban J connectivity index is 1.52. The van der Waals surface area contributed by atoms with Gasteiger partial charge in [0, 0.05) is 10.8 Å². The number of benzene rings is 2. The van der Waals surface area contributed by atoms with Gasteiger partial charge in [-0.05, 0) is 31.0 Å². The van der Waals surface area contributed by atoms with Gasteiger partial charge < -0.3 is 14.2 Å². The van der Waals surface area contributed by atoms with Crippen LogP contribution in [0.1, 0.15) is 52.4 Å². The second-order valence-corrected chi connectivity index (χ2v) is 8.49. The van der Waals surface area contributed by atoms with Crippen LogP contribution in [0.15, 0.2) is 30.6 Å². The molecule has 2 heterocycles. The maximum absolute atomic E-state index is 15.4. The monoisotopic (exact) mass is 474 g/mol. The molecule has 1 aromatic heterocycles. The lowest BCUT2D eigenvalue weighted by Crippen LogP contribution is -2.09. The van der Waals surface area contributed by atoms with Gasteiger partial charge >= 0.3 is 0 Å². The maximum Gasteiger partial charge on any atom is 0.201 e. The quantitative estimate of drug-likeness (QED) is 0.218. The summed E-state index contributed by atoms with van der Waals surface area (Å²) in [5.74, 6) is -2.79. The van der Waals surface area contributed by atoms with E-state index in [1.165, 1.54) is 24.5 Å². The van der Waals surface area contributed by atoms with Gasteiger partial charge in [0.1, 0.15) is 18.5 Å². The number of nitrogens with zero attached hydrogens (tertiary/aromatic N) is 2. The maximum atomic E-state index is 15.4. The van der Waals surface area contributed by atoms with E-state index in [4.69, 9.17) is 14.2 Å². The molecule has 1 aliphatic rings. The molecule has 1 aliphatic heterocycles. The number of hydrogen-bond acceptors (Lipinski definition) is 5. The molecule has 0 spiro atoms. The molecule has 34 heavy (non-hydrogen) atoms. The molecule has 0 aliphatic carbocycles. The molecule has 4 rings (SSSR count). The molecule has 2 unspecified atom stereocenters. The summed E-state index contributed by atoms with van der Waals surface area (Å²) in [5, 5.41) is 0.0351. The average Bonchev–Trinajstić information content (AvgIpc) is 3.58. The van der Waals surface area contributed by atoms with Crippen molar-refractivity contribution in [1.82, 2.24) is 9.97 Å². The third kappa shape index (κ3) is 5.43. The second kappa shape index (κ2) is 11.0. The lowest BCUT2D eigenvalue weighted by atomic mass is 10.0. The standard InChI is InChI=1S/C26H29F3N2O3/c1-3-5-6-7-11-32-16-13-30-26(31-14-16)18-10-9-17-19(23(18)28)12-20(27)24(29)25(17)33-15-22-21(34-22)8-4-2/h9-10,12-14,21-22H,3-8,11,15H2,1-2H3. The van der Waals surface area contributed by atoms with E-state index in [9.17, 15) is 8.78 Å². The highest BCUT2D eigenvalue weighted by Gasteiger charge is 2.38. The Hall–Kier alpha value is -2.87. The predicted octanol–water partition coefficient (Wildman–Crippen LogP) is 6.62. The topological polar surface area (TPSA) is 56.8 Å². The zero-order chi connectivity index (χ0) is 24.1. The van der Waals surface area contributed by atoms with Crippen molar-refractivity contribution in [3.63, 3.8) is 0 Å². The highest BCUT2D eigenvalue weighted by molar-refractivity contribution is 5.92. The van der Waals surface area contributed by atoms with Gasteiger partial charge in [0.2, 0.25) is 5.82 Å². The van der Waals surface area contributed by atoms with Crippen LogP contribution < -0.4 is 9.47 Å². The van der Waals surface area contributed by atoms with Crippen molar-refractivity contribution in [3.8, 4) is 22.9 Å². The minimum Gasteiger partial charge on any atom is -0.490 e. The number of aromatic nitrogens is 2. The highest BCUT2D eigenvalue weighted by atomic mass is 19.2. The summed E-state index contributed by atoms with van der Waals surface area (Å²) in [5.41, 5.74) is 0.0764. The Labute approximate surface area is 197 Å². The lowest BCUT2D eigenvalue weighted by molar-refractivity contribution is 0.251. The fraction of sp³-hybridized carbons (Fsp3) is 0.462. The number of unbranched alkanes of at least 4 members (excludes halogenated alkanes) is 3. The van der Waals surface area contributed by atoms with Crippen LogP contribution in [0, 0.1) is 17.5 Å². The van der Waals surface area contributed by atoms with Crippen LogP contribution >= 0.6 is 0 Å². The third-order valence-electron chi connectivity index (χ3n) is 5.89. The Morgan fingerprint density at radius 3 is 2.41 bits per heavy atom. The van der Waals surface area contributed by atoms with E-state index in [1.807, 2.05) is 6.92 Å². The first-order chi connectivity index (χ1) is 16.5. The van der Waals surface area contributed by atoms with Crippen molar-refractivity contribution in [2.45, 2.75) is 64.6 Å². The first-order valence-corrected chi connectivity index (χ1v) is 11.9. The van der Waals surface area contributed by atoms with Gasteiger partial charge in [-0.1, -0.05) is 39.5 Å². The Kier molecular flexibility index (Phi) is 7.88. The van der Waals surface area contributed by atoms with Gasteiger partial charge in [0.15, 0.2) is 23.1 Å². The van der Waals surface area contributed by atoms with Crippen LogP contribution in [0.4, 0.5) is 13.2 Å². The van der Waals surface area contributed by atoms with Gasteiger partial charge in [-0.25, -0.2) is 18.7 Å². The lowest BCUT2D eigenvalue weighted by Gasteiger charge is -2.13. The number of fused-ring (bicyclic) bond motifs is 1. The molecule has 0 saturated carbocycles. The summed E-state index contributed by atoms with van der Waals surface area (Å²) in [6.45, 7) is 4.82. The van der Waals surface area contributed by atoms with E-state index >= 15 is 4.39 Å². The van der Waals surface area contributed by atoms with Gasteiger partial charge in [-0.2, -0.15) is 4.39 Å². The van der Waals surface area contributed by atoms with Crippen LogP contribution in [0.2, 0.25) is 0 Å². The molecule has 8 heteroatoms. The molecule has 1 fully saturated rings. The van der Waals surface area contributed by atoms with Crippen molar-refractivity contribution >= 4 is 10.8 Å². The highest BCUT2D eigenvalue weighted by Crippen LogP contribution is 2.37. The number of epoxide rings is 1. The first kappa shape index (κ1) is 24.3. The SMILES string of the molecule is CCCCCCOc1cnc(-c2ccc3c(OCC4OC4CCC)c(F)c(F)cc3c2F)nc1. The molecule has 2 atom stereocenters. The molecule has 0 amide bonds. The van der Waals surface area contributed by atoms with Gasteiger partial charge in [-0.3, -0.25) is 0 Å². The Morgan fingerprint density at radius 2 is 1.68 bits per heavy atom. The van der Waals surface area contributed by atoms with Gasteiger partial charge in [0.05, 0.1) is 30.7 Å². The summed E-state index contributed by atoms with van der Waals surface area (Å²) < 4.78 is 60.8. The van der Waals surface area contributed by atoms with E-state index in [0.29, 0.717) is 12.4 Å². The zero-order valence-corrected chi connectivity index (χ0v) is 19.5. The van der Waals surface area contributed by atoms with E-state index in [1.54, 1.807) is 0 Å². The van der Waals surface area contributed by atoms with Gasteiger partial charge in [-0.15, -0.1) is 0 Å². The summed E-state index contributed by atoms with van der Waals surface area (Å²) in [6.07, 6.45) is 9.03.